The lowest BCUT2D eigenvalue weighted by Gasteiger charge is -2.35. The molecule has 1 aromatic rings. The molecule has 1 N–H and O–H groups in total. The second-order valence-electron chi connectivity index (χ2n) is 5.48. The molecule has 1 aromatic carbocycles. The molecule has 2 heteroatoms. The molecule has 0 heterocycles. The molecule has 94 valence electrons. The molecule has 0 radical (unpaired) electrons. The Morgan fingerprint density at radius 1 is 1.24 bits per heavy atom. The first-order valence-corrected chi connectivity index (χ1v) is 7.68. The summed E-state index contributed by atoms with van der Waals surface area (Å²) in [6.07, 6.45) is 4.08. The standard InChI is InChI=1S/C15H22IN/c1-10-5-4-6-15(12(10)3)17-13-8-7-11(2)14(16)9-13/h7-10,12,15,17H,4-6H2,1-3H3. The van der Waals surface area contributed by atoms with Crippen molar-refractivity contribution in [3.8, 4) is 0 Å². The summed E-state index contributed by atoms with van der Waals surface area (Å²) >= 11 is 2.41. The van der Waals surface area contributed by atoms with Gasteiger partial charge in [-0.15, -0.1) is 0 Å². The molecule has 0 aliphatic heterocycles. The topological polar surface area (TPSA) is 12.0 Å². The maximum absolute atomic E-state index is 3.72. The van der Waals surface area contributed by atoms with E-state index in [4.69, 9.17) is 0 Å². The van der Waals surface area contributed by atoms with Crippen molar-refractivity contribution in [2.24, 2.45) is 11.8 Å². The van der Waals surface area contributed by atoms with Gasteiger partial charge in [0.1, 0.15) is 0 Å². The molecule has 3 unspecified atom stereocenters. The largest absolute Gasteiger partial charge is 0.382 e. The first-order chi connectivity index (χ1) is 8.08. The lowest BCUT2D eigenvalue weighted by atomic mass is 9.78. The number of hydrogen-bond donors (Lipinski definition) is 1. The van der Waals surface area contributed by atoms with E-state index in [2.05, 4.69) is 66.9 Å². The van der Waals surface area contributed by atoms with Crippen LogP contribution in [0.1, 0.15) is 38.7 Å². The normalized spacial score (nSPS) is 29.1. The maximum atomic E-state index is 3.72. The van der Waals surface area contributed by atoms with Crippen molar-refractivity contribution < 1.29 is 0 Å². The molecule has 0 aromatic heterocycles. The highest BCUT2D eigenvalue weighted by molar-refractivity contribution is 14.1. The zero-order valence-electron chi connectivity index (χ0n) is 11.0. The predicted octanol–water partition coefficient (Wildman–Crippen LogP) is 4.84. The zero-order chi connectivity index (χ0) is 12.4. The average Bonchev–Trinajstić information content (AvgIpc) is 2.30. The summed E-state index contributed by atoms with van der Waals surface area (Å²) in [5, 5.41) is 3.72. The van der Waals surface area contributed by atoms with E-state index in [0.717, 1.165) is 11.8 Å². The van der Waals surface area contributed by atoms with Crippen molar-refractivity contribution in [1.29, 1.82) is 0 Å². The Bertz CT molecular complexity index is 389. The van der Waals surface area contributed by atoms with Gasteiger partial charge < -0.3 is 5.32 Å². The van der Waals surface area contributed by atoms with E-state index in [1.54, 1.807) is 0 Å². The van der Waals surface area contributed by atoms with Gasteiger partial charge in [0.15, 0.2) is 0 Å². The summed E-state index contributed by atoms with van der Waals surface area (Å²) in [5.74, 6) is 1.63. The highest BCUT2D eigenvalue weighted by Crippen LogP contribution is 2.32. The van der Waals surface area contributed by atoms with Crippen molar-refractivity contribution in [3.63, 3.8) is 0 Å². The summed E-state index contributed by atoms with van der Waals surface area (Å²) in [5.41, 5.74) is 2.65. The van der Waals surface area contributed by atoms with Gasteiger partial charge in [-0.2, -0.15) is 0 Å². The second-order valence-corrected chi connectivity index (χ2v) is 6.64. The molecule has 1 aliphatic rings. The Kier molecular flexibility index (Phi) is 4.34. The van der Waals surface area contributed by atoms with Crippen LogP contribution in [0.2, 0.25) is 0 Å². The average molecular weight is 343 g/mol. The van der Waals surface area contributed by atoms with Crippen molar-refractivity contribution in [3.05, 3.63) is 27.3 Å². The van der Waals surface area contributed by atoms with Crippen LogP contribution >= 0.6 is 22.6 Å². The Morgan fingerprint density at radius 3 is 2.71 bits per heavy atom. The highest BCUT2D eigenvalue weighted by Gasteiger charge is 2.26. The molecule has 17 heavy (non-hydrogen) atoms. The van der Waals surface area contributed by atoms with Crippen LogP contribution in [0, 0.1) is 22.3 Å². The van der Waals surface area contributed by atoms with Gasteiger partial charge in [-0.25, -0.2) is 0 Å². The van der Waals surface area contributed by atoms with Crippen LogP contribution in [0.25, 0.3) is 0 Å². The Morgan fingerprint density at radius 2 is 2.00 bits per heavy atom. The van der Waals surface area contributed by atoms with Crippen molar-refractivity contribution in [1.82, 2.24) is 0 Å². The van der Waals surface area contributed by atoms with E-state index in [-0.39, 0.29) is 0 Å². The summed E-state index contributed by atoms with van der Waals surface area (Å²) in [4.78, 5) is 0. The molecule has 2 rings (SSSR count). The van der Waals surface area contributed by atoms with Crippen LogP contribution in [0.4, 0.5) is 5.69 Å². The van der Waals surface area contributed by atoms with Gasteiger partial charge in [-0.3, -0.25) is 0 Å². The minimum absolute atomic E-state index is 0.650. The lowest BCUT2D eigenvalue weighted by Crippen LogP contribution is -2.35. The van der Waals surface area contributed by atoms with Gasteiger partial charge in [0.2, 0.25) is 0 Å². The fourth-order valence-corrected chi connectivity index (χ4v) is 3.20. The molecule has 1 saturated carbocycles. The van der Waals surface area contributed by atoms with Crippen LogP contribution in [-0.2, 0) is 0 Å². The highest BCUT2D eigenvalue weighted by atomic mass is 127. The first kappa shape index (κ1) is 13.2. The number of rotatable bonds is 2. The van der Waals surface area contributed by atoms with E-state index in [0.29, 0.717) is 6.04 Å². The van der Waals surface area contributed by atoms with Gasteiger partial charge in [0, 0.05) is 15.3 Å². The quantitative estimate of drug-likeness (QED) is 0.758. The van der Waals surface area contributed by atoms with Crippen molar-refractivity contribution in [2.75, 3.05) is 5.32 Å². The monoisotopic (exact) mass is 343 g/mol. The van der Waals surface area contributed by atoms with E-state index in [1.165, 1.54) is 34.1 Å². The number of nitrogens with one attached hydrogen (secondary N) is 1. The van der Waals surface area contributed by atoms with Crippen LogP contribution in [0.3, 0.4) is 0 Å². The molecule has 0 saturated heterocycles. The van der Waals surface area contributed by atoms with E-state index < -0.39 is 0 Å². The molecule has 1 fully saturated rings. The number of aryl methyl sites for hydroxylation is 1. The Balaban J connectivity index is 2.07. The Hall–Kier alpha value is -0.250. The number of anilines is 1. The van der Waals surface area contributed by atoms with Crippen LogP contribution in [-0.4, -0.2) is 6.04 Å². The van der Waals surface area contributed by atoms with E-state index >= 15 is 0 Å². The Labute approximate surface area is 119 Å². The van der Waals surface area contributed by atoms with Crippen molar-refractivity contribution >= 4 is 28.3 Å². The molecule has 3 atom stereocenters. The predicted molar refractivity (Wildman–Crippen MR) is 83.5 cm³/mol. The van der Waals surface area contributed by atoms with E-state index in [9.17, 15) is 0 Å². The van der Waals surface area contributed by atoms with Gasteiger partial charge in [-0.05, 0) is 65.5 Å². The minimum atomic E-state index is 0.650. The second kappa shape index (κ2) is 5.59. The number of halogens is 1. The first-order valence-electron chi connectivity index (χ1n) is 6.60. The molecule has 1 nitrogen and oxygen atoms in total. The SMILES string of the molecule is Cc1ccc(NC2CCCC(C)C2C)cc1I. The summed E-state index contributed by atoms with van der Waals surface area (Å²) in [6, 6.07) is 7.34. The molecular formula is C15H22IN. The fourth-order valence-electron chi connectivity index (χ4n) is 2.68. The molecule has 1 aliphatic carbocycles. The molecule has 0 bridgehead atoms. The number of hydrogen-bond acceptors (Lipinski definition) is 1. The zero-order valence-corrected chi connectivity index (χ0v) is 13.1. The smallest absolute Gasteiger partial charge is 0.0353 e. The summed E-state index contributed by atoms with van der Waals surface area (Å²) < 4.78 is 1.35. The third-order valence-electron chi connectivity index (χ3n) is 4.23. The van der Waals surface area contributed by atoms with Crippen LogP contribution in [0.15, 0.2) is 18.2 Å². The van der Waals surface area contributed by atoms with Gasteiger partial charge in [0.05, 0.1) is 0 Å². The van der Waals surface area contributed by atoms with Crippen LogP contribution in [0.5, 0.6) is 0 Å². The maximum Gasteiger partial charge on any atom is 0.0353 e. The van der Waals surface area contributed by atoms with Crippen molar-refractivity contribution in [2.45, 2.75) is 46.1 Å². The third kappa shape index (κ3) is 3.15. The third-order valence-corrected chi connectivity index (χ3v) is 5.39. The van der Waals surface area contributed by atoms with E-state index in [1.807, 2.05) is 0 Å². The van der Waals surface area contributed by atoms with Gasteiger partial charge >= 0.3 is 0 Å². The lowest BCUT2D eigenvalue weighted by molar-refractivity contribution is 0.253. The van der Waals surface area contributed by atoms with Crippen LogP contribution < -0.4 is 5.32 Å². The molecular weight excluding hydrogens is 321 g/mol. The van der Waals surface area contributed by atoms with Gasteiger partial charge in [-0.1, -0.05) is 32.8 Å². The molecule has 0 amide bonds. The minimum Gasteiger partial charge on any atom is -0.382 e. The summed E-state index contributed by atoms with van der Waals surface area (Å²) in [7, 11) is 0. The van der Waals surface area contributed by atoms with Gasteiger partial charge in [0.25, 0.3) is 0 Å². The number of benzene rings is 1. The molecule has 0 spiro atoms. The summed E-state index contributed by atoms with van der Waals surface area (Å²) in [6.45, 7) is 6.94. The fraction of sp³-hybridized carbons (Fsp3) is 0.600.